The van der Waals surface area contributed by atoms with E-state index < -0.39 is 5.91 Å². The number of hydrogen-bond donors (Lipinski definition) is 2. The molecule has 5 heteroatoms. The standard InChI is InChI=1S/C21H22ClN3O/c1-14-18(22)6-5-7-19(14)25-20(26)15(12-23)13-24-17-10-8-16(9-11-17)21(2,3)4/h5-11,13,24H,1-4H3,(H,25,26)/b15-13-. The van der Waals surface area contributed by atoms with Crippen molar-refractivity contribution in [2.45, 2.75) is 33.1 Å². The van der Waals surface area contributed by atoms with Crippen LogP contribution in [-0.4, -0.2) is 5.91 Å². The Morgan fingerprint density at radius 2 is 1.81 bits per heavy atom. The van der Waals surface area contributed by atoms with E-state index in [0.717, 1.165) is 11.3 Å². The molecule has 0 aromatic heterocycles. The third-order valence-electron chi connectivity index (χ3n) is 4.02. The average Bonchev–Trinajstić information content (AvgIpc) is 2.59. The second-order valence-corrected chi connectivity index (χ2v) is 7.42. The Balaban J connectivity index is 2.11. The Bertz CT molecular complexity index is 872. The lowest BCUT2D eigenvalue weighted by Crippen LogP contribution is -2.15. The van der Waals surface area contributed by atoms with Crippen molar-refractivity contribution in [1.82, 2.24) is 0 Å². The maximum absolute atomic E-state index is 12.3. The topological polar surface area (TPSA) is 64.9 Å². The minimum atomic E-state index is -0.489. The SMILES string of the molecule is Cc1c(Cl)cccc1NC(=O)/C(C#N)=C\Nc1ccc(C(C)(C)C)cc1. The van der Waals surface area contributed by atoms with E-state index in [1.54, 1.807) is 18.2 Å². The first-order valence-electron chi connectivity index (χ1n) is 8.26. The molecule has 2 rings (SSSR count). The summed E-state index contributed by atoms with van der Waals surface area (Å²) in [5.74, 6) is -0.489. The summed E-state index contributed by atoms with van der Waals surface area (Å²) in [6, 6.07) is 15.0. The summed E-state index contributed by atoms with van der Waals surface area (Å²) in [6.45, 7) is 8.24. The van der Waals surface area contributed by atoms with Gasteiger partial charge in [0.1, 0.15) is 11.6 Å². The Morgan fingerprint density at radius 3 is 2.38 bits per heavy atom. The van der Waals surface area contributed by atoms with Gasteiger partial charge in [0.15, 0.2) is 0 Å². The molecule has 0 bridgehead atoms. The molecule has 0 saturated carbocycles. The highest BCUT2D eigenvalue weighted by Crippen LogP contribution is 2.24. The quantitative estimate of drug-likeness (QED) is 0.561. The first-order chi connectivity index (χ1) is 12.2. The van der Waals surface area contributed by atoms with Gasteiger partial charge in [-0.1, -0.05) is 50.6 Å². The third-order valence-corrected chi connectivity index (χ3v) is 4.42. The van der Waals surface area contributed by atoms with Gasteiger partial charge in [0.05, 0.1) is 0 Å². The fourth-order valence-electron chi connectivity index (χ4n) is 2.30. The fraction of sp³-hybridized carbons (Fsp3) is 0.238. The number of carbonyl (C=O) groups is 1. The van der Waals surface area contributed by atoms with E-state index in [1.165, 1.54) is 11.8 Å². The molecular formula is C21H22ClN3O. The van der Waals surface area contributed by atoms with Crippen LogP contribution in [0.1, 0.15) is 31.9 Å². The monoisotopic (exact) mass is 367 g/mol. The number of benzene rings is 2. The van der Waals surface area contributed by atoms with Crippen LogP contribution in [0.3, 0.4) is 0 Å². The molecule has 2 aromatic carbocycles. The van der Waals surface area contributed by atoms with Crippen molar-refractivity contribution in [3.8, 4) is 6.07 Å². The van der Waals surface area contributed by atoms with E-state index in [4.69, 9.17) is 11.6 Å². The lowest BCUT2D eigenvalue weighted by atomic mass is 9.87. The Hall–Kier alpha value is -2.77. The Labute approximate surface area is 159 Å². The smallest absolute Gasteiger partial charge is 0.267 e. The molecule has 0 aliphatic rings. The van der Waals surface area contributed by atoms with Crippen molar-refractivity contribution in [3.63, 3.8) is 0 Å². The van der Waals surface area contributed by atoms with E-state index in [9.17, 15) is 10.1 Å². The summed E-state index contributed by atoms with van der Waals surface area (Å²) >= 11 is 6.05. The summed E-state index contributed by atoms with van der Waals surface area (Å²) in [7, 11) is 0. The highest BCUT2D eigenvalue weighted by atomic mass is 35.5. The zero-order chi connectivity index (χ0) is 19.3. The van der Waals surface area contributed by atoms with Crippen LogP contribution in [0.15, 0.2) is 54.2 Å². The summed E-state index contributed by atoms with van der Waals surface area (Å²) in [4.78, 5) is 12.3. The summed E-state index contributed by atoms with van der Waals surface area (Å²) < 4.78 is 0. The number of hydrogen-bond acceptors (Lipinski definition) is 3. The van der Waals surface area contributed by atoms with Crippen molar-refractivity contribution in [2.24, 2.45) is 0 Å². The Kier molecular flexibility index (Phi) is 6.07. The number of rotatable bonds is 4. The molecule has 26 heavy (non-hydrogen) atoms. The number of anilines is 2. The molecule has 0 radical (unpaired) electrons. The molecule has 0 heterocycles. The van der Waals surface area contributed by atoms with Gasteiger partial charge in [-0.3, -0.25) is 4.79 Å². The largest absolute Gasteiger partial charge is 0.360 e. The van der Waals surface area contributed by atoms with Gasteiger partial charge in [0, 0.05) is 22.6 Å². The summed E-state index contributed by atoms with van der Waals surface area (Å²) in [5, 5.41) is 15.5. The first-order valence-corrected chi connectivity index (χ1v) is 8.64. The van der Waals surface area contributed by atoms with Crippen LogP contribution in [0.25, 0.3) is 0 Å². The van der Waals surface area contributed by atoms with Crippen LogP contribution in [0.2, 0.25) is 5.02 Å². The lowest BCUT2D eigenvalue weighted by Gasteiger charge is -2.19. The highest BCUT2D eigenvalue weighted by Gasteiger charge is 2.13. The molecule has 0 spiro atoms. The molecule has 4 nitrogen and oxygen atoms in total. The number of halogens is 1. The molecule has 2 N–H and O–H groups in total. The number of carbonyl (C=O) groups excluding carboxylic acids is 1. The van der Waals surface area contributed by atoms with Crippen molar-refractivity contribution >= 4 is 28.9 Å². The normalized spacial score (nSPS) is 11.6. The second kappa shape index (κ2) is 8.07. The van der Waals surface area contributed by atoms with Crippen molar-refractivity contribution in [1.29, 1.82) is 5.26 Å². The van der Waals surface area contributed by atoms with E-state index >= 15 is 0 Å². The minimum absolute atomic E-state index is 0.0238. The number of nitrogens with zero attached hydrogens (tertiary/aromatic N) is 1. The Morgan fingerprint density at radius 1 is 1.15 bits per heavy atom. The molecule has 0 unspecified atom stereocenters. The molecule has 0 aliphatic heterocycles. The zero-order valence-electron chi connectivity index (χ0n) is 15.4. The highest BCUT2D eigenvalue weighted by molar-refractivity contribution is 6.31. The molecule has 1 amide bonds. The van der Waals surface area contributed by atoms with E-state index in [2.05, 4.69) is 31.4 Å². The molecule has 0 saturated heterocycles. The maximum Gasteiger partial charge on any atom is 0.267 e. The van der Waals surface area contributed by atoms with Crippen molar-refractivity contribution in [3.05, 3.63) is 70.4 Å². The van der Waals surface area contributed by atoms with Gasteiger partial charge in [-0.2, -0.15) is 5.26 Å². The number of amides is 1. The van der Waals surface area contributed by atoms with Crippen LogP contribution in [0.4, 0.5) is 11.4 Å². The predicted molar refractivity (Wildman–Crippen MR) is 107 cm³/mol. The third kappa shape index (κ3) is 4.87. The summed E-state index contributed by atoms with van der Waals surface area (Å²) in [5.41, 5.74) is 3.40. The minimum Gasteiger partial charge on any atom is -0.360 e. The van der Waals surface area contributed by atoms with Gasteiger partial charge < -0.3 is 10.6 Å². The molecule has 0 aliphatic carbocycles. The van der Waals surface area contributed by atoms with Gasteiger partial charge in [-0.05, 0) is 47.7 Å². The van der Waals surface area contributed by atoms with Gasteiger partial charge in [0.2, 0.25) is 0 Å². The maximum atomic E-state index is 12.3. The van der Waals surface area contributed by atoms with Crippen molar-refractivity contribution < 1.29 is 4.79 Å². The van der Waals surface area contributed by atoms with Crippen LogP contribution in [-0.2, 0) is 10.2 Å². The van der Waals surface area contributed by atoms with Crippen LogP contribution >= 0.6 is 11.6 Å². The lowest BCUT2D eigenvalue weighted by molar-refractivity contribution is -0.112. The average molecular weight is 368 g/mol. The molecule has 0 atom stereocenters. The molecule has 134 valence electrons. The number of nitrogens with one attached hydrogen (secondary N) is 2. The number of nitriles is 1. The van der Waals surface area contributed by atoms with E-state index in [-0.39, 0.29) is 11.0 Å². The second-order valence-electron chi connectivity index (χ2n) is 7.01. The van der Waals surface area contributed by atoms with E-state index in [0.29, 0.717) is 10.7 Å². The van der Waals surface area contributed by atoms with Gasteiger partial charge in [-0.25, -0.2) is 0 Å². The van der Waals surface area contributed by atoms with Gasteiger partial charge >= 0.3 is 0 Å². The zero-order valence-corrected chi connectivity index (χ0v) is 16.1. The van der Waals surface area contributed by atoms with Gasteiger partial charge in [0.25, 0.3) is 5.91 Å². The molecule has 0 fully saturated rings. The predicted octanol–water partition coefficient (Wildman–Crippen LogP) is 5.40. The fourth-order valence-corrected chi connectivity index (χ4v) is 2.48. The van der Waals surface area contributed by atoms with Crippen LogP contribution in [0, 0.1) is 18.3 Å². The van der Waals surface area contributed by atoms with Crippen molar-refractivity contribution in [2.75, 3.05) is 10.6 Å². The first kappa shape index (κ1) is 19.6. The van der Waals surface area contributed by atoms with Gasteiger partial charge in [-0.15, -0.1) is 0 Å². The molecule has 2 aromatic rings. The van der Waals surface area contributed by atoms with E-state index in [1.807, 2.05) is 37.3 Å². The molecular weight excluding hydrogens is 346 g/mol. The summed E-state index contributed by atoms with van der Waals surface area (Å²) in [6.07, 6.45) is 1.40. The van der Waals surface area contributed by atoms with Crippen LogP contribution in [0.5, 0.6) is 0 Å². The van der Waals surface area contributed by atoms with Crippen LogP contribution < -0.4 is 10.6 Å².